The van der Waals surface area contributed by atoms with Gasteiger partial charge in [-0.05, 0) is 44.5 Å². The van der Waals surface area contributed by atoms with Crippen molar-refractivity contribution >= 4 is 32.6 Å². The van der Waals surface area contributed by atoms with Crippen LogP contribution in [0.5, 0.6) is 5.75 Å². The lowest BCUT2D eigenvalue weighted by Crippen LogP contribution is -2.43. The second-order valence-corrected chi connectivity index (χ2v) is 8.77. The standard InChI is InChI=1S/C24H29N3O3S/c1-4-30-20-6-5-7-21-22(20)25-24(31-21)27(11-10-26-12-14-29-15-13-26)23(28)19-9-8-17(2)16-18(19)3/h5-9,16H,4,10-15H2,1-3H3. The molecule has 0 saturated carbocycles. The molecule has 3 aromatic rings. The van der Waals surface area contributed by atoms with Gasteiger partial charge in [0, 0.05) is 31.7 Å². The summed E-state index contributed by atoms with van der Waals surface area (Å²) in [7, 11) is 0. The molecule has 2 aromatic carbocycles. The highest BCUT2D eigenvalue weighted by molar-refractivity contribution is 7.22. The van der Waals surface area contributed by atoms with E-state index in [0.717, 1.165) is 65.5 Å². The first-order valence-corrected chi connectivity index (χ1v) is 11.6. The number of benzene rings is 2. The third-order valence-corrected chi connectivity index (χ3v) is 6.55. The minimum absolute atomic E-state index is 0.0113. The van der Waals surface area contributed by atoms with Gasteiger partial charge in [0.05, 0.1) is 24.5 Å². The molecule has 0 radical (unpaired) electrons. The number of ether oxygens (including phenoxy) is 2. The number of thiazole rings is 1. The van der Waals surface area contributed by atoms with E-state index in [1.807, 2.05) is 56.0 Å². The first-order valence-electron chi connectivity index (χ1n) is 10.8. The van der Waals surface area contributed by atoms with Gasteiger partial charge in [0.1, 0.15) is 11.3 Å². The van der Waals surface area contributed by atoms with Crippen LogP contribution in [0.2, 0.25) is 0 Å². The average Bonchev–Trinajstić information content (AvgIpc) is 3.20. The SMILES string of the molecule is CCOc1cccc2sc(N(CCN3CCOCC3)C(=O)c3ccc(C)cc3C)nc12. The van der Waals surface area contributed by atoms with Crippen molar-refractivity contribution in [3.63, 3.8) is 0 Å². The summed E-state index contributed by atoms with van der Waals surface area (Å²) in [5.41, 5.74) is 3.67. The number of aromatic nitrogens is 1. The molecule has 6 nitrogen and oxygen atoms in total. The molecule has 1 fully saturated rings. The predicted molar refractivity (Wildman–Crippen MR) is 126 cm³/mol. The average molecular weight is 440 g/mol. The van der Waals surface area contributed by atoms with E-state index in [4.69, 9.17) is 14.5 Å². The highest BCUT2D eigenvalue weighted by atomic mass is 32.1. The molecule has 0 bridgehead atoms. The Kier molecular flexibility index (Phi) is 6.85. The third-order valence-electron chi connectivity index (χ3n) is 5.50. The van der Waals surface area contributed by atoms with Gasteiger partial charge in [0.2, 0.25) is 0 Å². The Labute approximate surface area is 187 Å². The first-order chi connectivity index (χ1) is 15.1. The Morgan fingerprint density at radius 1 is 1.23 bits per heavy atom. The van der Waals surface area contributed by atoms with Gasteiger partial charge in [-0.25, -0.2) is 4.98 Å². The van der Waals surface area contributed by atoms with Crippen LogP contribution in [0.4, 0.5) is 5.13 Å². The van der Waals surface area contributed by atoms with Crippen LogP contribution in [0.15, 0.2) is 36.4 Å². The summed E-state index contributed by atoms with van der Waals surface area (Å²) in [6, 6.07) is 11.9. The van der Waals surface area contributed by atoms with Crippen LogP contribution in [0.3, 0.4) is 0 Å². The molecule has 0 N–H and O–H groups in total. The summed E-state index contributed by atoms with van der Waals surface area (Å²) in [6.07, 6.45) is 0. The zero-order valence-electron chi connectivity index (χ0n) is 18.4. The van der Waals surface area contributed by atoms with Gasteiger partial charge in [-0.15, -0.1) is 0 Å². The van der Waals surface area contributed by atoms with Crippen LogP contribution in [0.25, 0.3) is 10.2 Å². The van der Waals surface area contributed by atoms with Gasteiger partial charge in [0.25, 0.3) is 5.91 Å². The molecule has 31 heavy (non-hydrogen) atoms. The van der Waals surface area contributed by atoms with E-state index in [1.165, 1.54) is 11.3 Å². The normalized spacial score (nSPS) is 14.7. The molecule has 0 aliphatic carbocycles. The zero-order chi connectivity index (χ0) is 21.8. The molecule has 0 spiro atoms. The lowest BCUT2D eigenvalue weighted by Gasteiger charge is -2.29. The van der Waals surface area contributed by atoms with Crippen molar-refractivity contribution in [2.75, 3.05) is 50.9 Å². The van der Waals surface area contributed by atoms with Crippen LogP contribution < -0.4 is 9.64 Å². The highest BCUT2D eigenvalue weighted by Crippen LogP contribution is 2.35. The number of fused-ring (bicyclic) bond motifs is 1. The highest BCUT2D eigenvalue weighted by Gasteiger charge is 2.24. The molecule has 2 heterocycles. The third kappa shape index (κ3) is 4.89. The van der Waals surface area contributed by atoms with Crippen molar-refractivity contribution in [3.05, 3.63) is 53.1 Å². The zero-order valence-corrected chi connectivity index (χ0v) is 19.2. The monoisotopic (exact) mass is 439 g/mol. The molecule has 1 aliphatic rings. The number of aryl methyl sites for hydroxylation is 2. The van der Waals surface area contributed by atoms with Gasteiger partial charge < -0.3 is 9.47 Å². The van der Waals surface area contributed by atoms with E-state index in [0.29, 0.717) is 18.3 Å². The number of carbonyl (C=O) groups excluding carboxylic acids is 1. The molecule has 4 rings (SSSR count). The number of hydrogen-bond acceptors (Lipinski definition) is 6. The maximum Gasteiger partial charge on any atom is 0.260 e. The van der Waals surface area contributed by atoms with E-state index in [1.54, 1.807) is 0 Å². The second-order valence-electron chi connectivity index (χ2n) is 7.76. The second kappa shape index (κ2) is 9.77. The summed E-state index contributed by atoms with van der Waals surface area (Å²) < 4.78 is 12.2. The summed E-state index contributed by atoms with van der Waals surface area (Å²) in [6.45, 7) is 11.2. The Morgan fingerprint density at radius 3 is 2.77 bits per heavy atom. The molecule has 1 aliphatic heterocycles. The minimum Gasteiger partial charge on any atom is -0.492 e. The van der Waals surface area contributed by atoms with Crippen molar-refractivity contribution in [2.24, 2.45) is 0 Å². The van der Waals surface area contributed by atoms with E-state index in [2.05, 4.69) is 11.0 Å². The van der Waals surface area contributed by atoms with E-state index >= 15 is 0 Å². The molecular formula is C24H29N3O3S. The summed E-state index contributed by atoms with van der Waals surface area (Å²) in [4.78, 5) is 22.7. The molecule has 7 heteroatoms. The number of morpholine rings is 1. The fraction of sp³-hybridized carbons (Fsp3) is 0.417. The van der Waals surface area contributed by atoms with Crippen LogP contribution in [-0.2, 0) is 4.74 Å². The predicted octanol–water partition coefficient (Wildman–Crippen LogP) is 4.29. The molecule has 0 atom stereocenters. The molecule has 164 valence electrons. The van der Waals surface area contributed by atoms with Crippen LogP contribution in [-0.4, -0.2) is 61.8 Å². The molecule has 0 unspecified atom stereocenters. The van der Waals surface area contributed by atoms with Crippen molar-refractivity contribution in [1.82, 2.24) is 9.88 Å². The molecule has 1 aromatic heterocycles. The van der Waals surface area contributed by atoms with Crippen LogP contribution in [0, 0.1) is 13.8 Å². The number of para-hydroxylation sites is 1. The Bertz CT molecular complexity index is 1060. The van der Waals surface area contributed by atoms with Crippen molar-refractivity contribution in [2.45, 2.75) is 20.8 Å². The number of nitrogens with zero attached hydrogens (tertiary/aromatic N) is 3. The molecular weight excluding hydrogens is 410 g/mol. The summed E-state index contributed by atoms with van der Waals surface area (Å²) in [5, 5.41) is 0.709. The molecule has 1 saturated heterocycles. The number of carbonyl (C=O) groups is 1. The van der Waals surface area contributed by atoms with E-state index < -0.39 is 0 Å². The Balaban J connectivity index is 1.68. The first kappa shape index (κ1) is 21.7. The number of hydrogen-bond donors (Lipinski definition) is 0. The van der Waals surface area contributed by atoms with Gasteiger partial charge in [-0.1, -0.05) is 35.1 Å². The quantitative estimate of drug-likeness (QED) is 0.550. The Morgan fingerprint density at radius 2 is 2.03 bits per heavy atom. The number of rotatable bonds is 7. The number of amides is 1. The maximum atomic E-state index is 13.7. The van der Waals surface area contributed by atoms with Crippen molar-refractivity contribution in [1.29, 1.82) is 0 Å². The van der Waals surface area contributed by atoms with Gasteiger partial charge in [-0.3, -0.25) is 14.6 Å². The summed E-state index contributed by atoms with van der Waals surface area (Å²) in [5.74, 6) is 0.748. The van der Waals surface area contributed by atoms with Gasteiger partial charge >= 0.3 is 0 Å². The van der Waals surface area contributed by atoms with Gasteiger partial charge in [-0.2, -0.15) is 0 Å². The lowest BCUT2D eigenvalue weighted by atomic mass is 10.0. The van der Waals surface area contributed by atoms with E-state index in [9.17, 15) is 4.79 Å². The smallest absolute Gasteiger partial charge is 0.260 e. The maximum absolute atomic E-state index is 13.7. The minimum atomic E-state index is -0.0113. The number of anilines is 1. The fourth-order valence-electron chi connectivity index (χ4n) is 3.85. The fourth-order valence-corrected chi connectivity index (χ4v) is 4.86. The van der Waals surface area contributed by atoms with Gasteiger partial charge in [0.15, 0.2) is 5.13 Å². The van der Waals surface area contributed by atoms with Crippen molar-refractivity contribution < 1.29 is 14.3 Å². The van der Waals surface area contributed by atoms with E-state index in [-0.39, 0.29) is 5.91 Å². The van der Waals surface area contributed by atoms with Crippen LogP contribution >= 0.6 is 11.3 Å². The molecule has 1 amide bonds. The largest absolute Gasteiger partial charge is 0.492 e. The lowest BCUT2D eigenvalue weighted by molar-refractivity contribution is 0.0391. The Hall–Kier alpha value is -2.48. The van der Waals surface area contributed by atoms with Crippen molar-refractivity contribution in [3.8, 4) is 5.75 Å². The van der Waals surface area contributed by atoms with Crippen LogP contribution in [0.1, 0.15) is 28.4 Å². The topological polar surface area (TPSA) is 54.9 Å². The summed E-state index contributed by atoms with van der Waals surface area (Å²) >= 11 is 1.53.